The molecule has 0 spiro atoms. The molecule has 0 aliphatic carbocycles. The van der Waals surface area contributed by atoms with Crippen LogP contribution in [0.1, 0.15) is 25.9 Å². The second-order valence-corrected chi connectivity index (χ2v) is 6.97. The Hall–Kier alpha value is -3.12. The van der Waals surface area contributed by atoms with Gasteiger partial charge in [0.15, 0.2) is 5.69 Å². The van der Waals surface area contributed by atoms with Crippen molar-refractivity contribution in [3.63, 3.8) is 0 Å². The number of anilines is 1. The van der Waals surface area contributed by atoms with E-state index in [-0.39, 0.29) is 17.3 Å². The Balaban J connectivity index is 1.84. The van der Waals surface area contributed by atoms with Gasteiger partial charge in [0.1, 0.15) is 0 Å². The van der Waals surface area contributed by atoms with Gasteiger partial charge in [0.05, 0.1) is 11.9 Å². The Bertz CT molecular complexity index is 940. The normalized spacial score (nSPS) is 11.5. The van der Waals surface area contributed by atoms with Gasteiger partial charge in [0.2, 0.25) is 11.6 Å². The highest BCUT2D eigenvalue weighted by Crippen LogP contribution is 2.17. The first-order valence-corrected chi connectivity index (χ1v) is 8.35. The molecular weight excluding hydrogens is 358 g/mol. The summed E-state index contributed by atoms with van der Waals surface area (Å²) in [6, 6.07) is 3.90. The second kappa shape index (κ2) is 7.41. The van der Waals surface area contributed by atoms with Gasteiger partial charge < -0.3 is 10.6 Å². The summed E-state index contributed by atoms with van der Waals surface area (Å²) < 4.78 is 5.92. The lowest BCUT2D eigenvalue weighted by Crippen LogP contribution is -2.23. The minimum absolute atomic E-state index is 0.0490. The lowest BCUT2D eigenvalue weighted by molar-refractivity contribution is 0.0948. The van der Waals surface area contributed by atoms with E-state index in [1.807, 2.05) is 38.1 Å². The maximum atomic E-state index is 12.5. The minimum atomic E-state index is -0.493. The zero-order valence-electron chi connectivity index (χ0n) is 14.4. The number of nitrogen functional groups attached to an aromatic ring is 1. The summed E-state index contributed by atoms with van der Waals surface area (Å²) in [7, 11) is 3.70. The number of amides is 1. The van der Waals surface area contributed by atoms with Crippen LogP contribution in [-0.2, 0) is 6.54 Å². The zero-order chi connectivity index (χ0) is 18.7. The summed E-state index contributed by atoms with van der Waals surface area (Å²) in [5.74, 6) is -0.272. The molecule has 3 rings (SSSR count). The van der Waals surface area contributed by atoms with E-state index in [2.05, 4.69) is 35.8 Å². The fraction of sp³-hybridized carbons (Fsp3) is 0.286. The van der Waals surface area contributed by atoms with Crippen molar-refractivity contribution in [3.8, 4) is 5.82 Å². The standard InChI is InChI=1S/C14H17N9O2S/c1-8-4-5-9(26-8)6-16-18-14(24)11-10(7-22(2)3)23(21-17-11)13-12(15)19-25-20-13/h4-6H,7H2,1-3H3,(H2,15,19)(H,18,24)/b16-6+. The van der Waals surface area contributed by atoms with Crippen molar-refractivity contribution in [1.29, 1.82) is 0 Å². The molecule has 0 saturated carbocycles. The summed E-state index contributed by atoms with van der Waals surface area (Å²) >= 11 is 1.57. The number of hydrogen-bond donors (Lipinski definition) is 2. The predicted octanol–water partition coefficient (Wildman–Crippen LogP) is 0.428. The molecule has 0 atom stereocenters. The molecule has 3 heterocycles. The Labute approximate surface area is 152 Å². The molecule has 3 aromatic heterocycles. The van der Waals surface area contributed by atoms with Crippen LogP contribution in [0.5, 0.6) is 0 Å². The van der Waals surface area contributed by atoms with Crippen LogP contribution in [0.15, 0.2) is 21.9 Å². The molecule has 0 aliphatic heterocycles. The molecule has 0 fully saturated rings. The average molecular weight is 375 g/mol. The number of thiophene rings is 1. The van der Waals surface area contributed by atoms with Gasteiger partial charge in [-0.15, -0.1) is 16.4 Å². The number of rotatable bonds is 6. The van der Waals surface area contributed by atoms with E-state index in [4.69, 9.17) is 5.73 Å². The number of hydrogen-bond acceptors (Lipinski definition) is 10. The van der Waals surface area contributed by atoms with E-state index < -0.39 is 5.91 Å². The molecule has 0 bridgehead atoms. The van der Waals surface area contributed by atoms with Crippen molar-refractivity contribution in [2.75, 3.05) is 19.8 Å². The van der Waals surface area contributed by atoms with Crippen molar-refractivity contribution in [3.05, 3.63) is 33.3 Å². The van der Waals surface area contributed by atoms with Gasteiger partial charge in [-0.05, 0) is 43.5 Å². The Kier molecular flexibility index (Phi) is 5.04. The maximum Gasteiger partial charge on any atom is 0.293 e. The van der Waals surface area contributed by atoms with Crippen molar-refractivity contribution in [2.45, 2.75) is 13.5 Å². The van der Waals surface area contributed by atoms with Crippen LogP contribution in [0.25, 0.3) is 5.82 Å². The molecular formula is C14H17N9O2S. The van der Waals surface area contributed by atoms with Gasteiger partial charge in [-0.3, -0.25) is 4.79 Å². The number of nitrogens with one attached hydrogen (secondary N) is 1. The SMILES string of the molecule is Cc1ccc(/C=N/NC(=O)c2nnn(-c3nonc3N)c2CN(C)C)s1. The number of aromatic nitrogens is 5. The van der Waals surface area contributed by atoms with Crippen molar-refractivity contribution < 1.29 is 9.42 Å². The molecule has 0 saturated heterocycles. The average Bonchev–Trinajstić information content (AvgIpc) is 3.27. The fourth-order valence-corrected chi connectivity index (χ4v) is 2.91. The van der Waals surface area contributed by atoms with Gasteiger partial charge in [-0.2, -0.15) is 9.78 Å². The predicted molar refractivity (Wildman–Crippen MR) is 95.1 cm³/mol. The Morgan fingerprint density at radius 3 is 2.88 bits per heavy atom. The highest BCUT2D eigenvalue weighted by molar-refractivity contribution is 7.13. The highest BCUT2D eigenvalue weighted by atomic mass is 32.1. The van der Waals surface area contributed by atoms with E-state index in [1.54, 1.807) is 17.6 Å². The molecule has 11 nitrogen and oxygen atoms in total. The summed E-state index contributed by atoms with van der Waals surface area (Å²) in [6.07, 6.45) is 1.57. The Morgan fingerprint density at radius 2 is 2.27 bits per heavy atom. The van der Waals surface area contributed by atoms with E-state index in [0.29, 0.717) is 12.2 Å². The summed E-state index contributed by atoms with van der Waals surface area (Å²) in [6.45, 7) is 2.37. The summed E-state index contributed by atoms with van der Waals surface area (Å²) in [5, 5.41) is 19.1. The first kappa shape index (κ1) is 17.7. The Morgan fingerprint density at radius 1 is 1.46 bits per heavy atom. The van der Waals surface area contributed by atoms with Crippen LogP contribution < -0.4 is 11.2 Å². The van der Waals surface area contributed by atoms with Gasteiger partial charge in [-0.1, -0.05) is 5.21 Å². The molecule has 1 amide bonds. The summed E-state index contributed by atoms with van der Waals surface area (Å²) in [4.78, 5) is 16.4. The first-order chi connectivity index (χ1) is 12.5. The van der Waals surface area contributed by atoms with E-state index in [9.17, 15) is 4.79 Å². The lowest BCUT2D eigenvalue weighted by atomic mass is 10.3. The molecule has 0 aliphatic rings. The van der Waals surface area contributed by atoms with Gasteiger partial charge in [0, 0.05) is 16.3 Å². The van der Waals surface area contributed by atoms with E-state index in [1.165, 1.54) is 4.68 Å². The van der Waals surface area contributed by atoms with Crippen molar-refractivity contribution in [2.24, 2.45) is 5.10 Å². The van der Waals surface area contributed by atoms with Crippen LogP contribution in [0.3, 0.4) is 0 Å². The molecule has 12 heteroatoms. The number of carbonyl (C=O) groups is 1. The van der Waals surface area contributed by atoms with Crippen LogP contribution >= 0.6 is 11.3 Å². The molecule has 3 N–H and O–H groups in total. The molecule has 3 aromatic rings. The van der Waals surface area contributed by atoms with Crippen molar-refractivity contribution >= 4 is 29.3 Å². The van der Waals surface area contributed by atoms with Crippen LogP contribution in [0.4, 0.5) is 5.82 Å². The quantitative estimate of drug-likeness (QED) is 0.467. The lowest BCUT2D eigenvalue weighted by Gasteiger charge is -2.10. The molecule has 0 unspecified atom stereocenters. The zero-order valence-corrected chi connectivity index (χ0v) is 15.2. The topological polar surface area (TPSA) is 140 Å². The van der Waals surface area contributed by atoms with Crippen LogP contribution in [0, 0.1) is 6.92 Å². The first-order valence-electron chi connectivity index (χ1n) is 7.53. The smallest absolute Gasteiger partial charge is 0.293 e. The molecule has 0 radical (unpaired) electrons. The van der Waals surface area contributed by atoms with E-state index in [0.717, 1.165) is 9.75 Å². The third-order valence-electron chi connectivity index (χ3n) is 3.26. The van der Waals surface area contributed by atoms with Gasteiger partial charge in [0.25, 0.3) is 5.91 Å². The molecule has 26 heavy (non-hydrogen) atoms. The maximum absolute atomic E-state index is 12.5. The van der Waals surface area contributed by atoms with Gasteiger partial charge in [-0.25, -0.2) is 10.1 Å². The largest absolute Gasteiger partial charge is 0.378 e. The molecule has 136 valence electrons. The van der Waals surface area contributed by atoms with Crippen molar-refractivity contribution in [1.82, 2.24) is 35.6 Å². The monoisotopic (exact) mass is 375 g/mol. The van der Waals surface area contributed by atoms with Crippen LogP contribution in [-0.4, -0.2) is 56.4 Å². The number of carbonyl (C=O) groups excluding carboxylic acids is 1. The second-order valence-electron chi connectivity index (χ2n) is 5.65. The van der Waals surface area contributed by atoms with E-state index >= 15 is 0 Å². The minimum Gasteiger partial charge on any atom is -0.378 e. The molecule has 0 aromatic carbocycles. The third-order valence-corrected chi connectivity index (χ3v) is 4.19. The number of hydrazone groups is 1. The number of nitrogens with two attached hydrogens (primary N) is 1. The van der Waals surface area contributed by atoms with Gasteiger partial charge >= 0.3 is 0 Å². The summed E-state index contributed by atoms with van der Waals surface area (Å²) in [5.41, 5.74) is 8.76. The number of nitrogens with zero attached hydrogens (tertiary/aromatic N) is 7. The van der Waals surface area contributed by atoms with Crippen LogP contribution in [0.2, 0.25) is 0 Å². The third kappa shape index (κ3) is 3.75. The highest BCUT2D eigenvalue weighted by Gasteiger charge is 2.24. The fourth-order valence-electron chi connectivity index (χ4n) is 2.16. The number of aryl methyl sites for hydroxylation is 1.